The number of anilines is 1. The minimum Gasteiger partial charge on any atom is -0.483 e. The SMILES string of the molecule is CC(=O)c1ccc(O[C@@H](C)C(=O)c2ccc(NS(C)(=O)=O)cc2)cc1. The molecular formula is C18H19NO5S. The number of nitrogens with one attached hydrogen (secondary N) is 1. The zero-order valence-electron chi connectivity index (χ0n) is 14.1. The maximum atomic E-state index is 12.4. The summed E-state index contributed by atoms with van der Waals surface area (Å²) in [6, 6.07) is 12.7. The number of hydrogen-bond acceptors (Lipinski definition) is 5. The van der Waals surface area contributed by atoms with Gasteiger partial charge in [-0.1, -0.05) is 0 Å². The molecule has 0 saturated heterocycles. The quantitative estimate of drug-likeness (QED) is 0.766. The molecule has 1 atom stereocenters. The van der Waals surface area contributed by atoms with Crippen LogP contribution in [-0.2, 0) is 10.0 Å². The van der Waals surface area contributed by atoms with E-state index in [0.717, 1.165) is 6.26 Å². The molecule has 7 heteroatoms. The van der Waals surface area contributed by atoms with Crippen molar-refractivity contribution in [1.29, 1.82) is 0 Å². The Hall–Kier alpha value is -2.67. The summed E-state index contributed by atoms with van der Waals surface area (Å²) in [5.41, 5.74) is 1.36. The van der Waals surface area contributed by atoms with Gasteiger partial charge in [0, 0.05) is 16.8 Å². The van der Waals surface area contributed by atoms with Gasteiger partial charge in [-0.2, -0.15) is 0 Å². The van der Waals surface area contributed by atoms with Crippen molar-refractivity contribution < 1.29 is 22.7 Å². The van der Waals surface area contributed by atoms with Crippen LogP contribution >= 0.6 is 0 Å². The lowest BCUT2D eigenvalue weighted by atomic mass is 10.1. The summed E-state index contributed by atoms with van der Waals surface area (Å²) < 4.78 is 30.3. The van der Waals surface area contributed by atoms with E-state index in [-0.39, 0.29) is 11.6 Å². The molecule has 0 aliphatic rings. The van der Waals surface area contributed by atoms with Crippen LogP contribution in [0.4, 0.5) is 5.69 Å². The van der Waals surface area contributed by atoms with Crippen molar-refractivity contribution >= 4 is 27.3 Å². The van der Waals surface area contributed by atoms with Gasteiger partial charge in [0.25, 0.3) is 0 Å². The fourth-order valence-corrected chi connectivity index (χ4v) is 2.74. The molecule has 0 spiro atoms. The van der Waals surface area contributed by atoms with Crippen molar-refractivity contribution in [3.05, 3.63) is 59.7 Å². The van der Waals surface area contributed by atoms with Crippen LogP contribution in [0.25, 0.3) is 0 Å². The Balaban J connectivity index is 2.05. The Bertz CT molecular complexity index is 871. The Morgan fingerprint density at radius 1 is 0.960 bits per heavy atom. The van der Waals surface area contributed by atoms with E-state index in [0.29, 0.717) is 22.6 Å². The Morgan fingerprint density at radius 2 is 1.48 bits per heavy atom. The Kier molecular flexibility index (Phi) is 5.58. The average molecular weight is 361 g/mol. The molecule has 0 fully saturated rings. The summed E-state index contributed by atoms with van der Waals surface area (Å²) in [7, 11) is -3.36. The molecule has 0 amide bonds. The lowest BCUT2D eigenvalue weighted by Gasteiger charge is -2.14. The number of carbonyl (C=O) groups is 2. The Morgan fingerprint density at radius 3 is 1.96 bits per heavy atom. The largest absolute Gasteiger partial charge is 0.483 e. The molecule has 1 N–H and O–H groups in total. The van der Waals surface area contributed by atoms with Crippen molar-refractivity contribution in [2.75, 3.05) is 11.0 Å². The zero-order chi connectivity index (χ0) is 18.6. The minimum atomic E-state index is -3.36. The lowest BCUT2D eigenvalue weighted by molar-refractivity contribution is 0.0817. The van der Waals surface area contributed by atoms with Crippen LogP contribution < -0.4 is 9.46 Å². The third-order valence-corrected chi connectivity index (χ3v) is 4.02. The number of benzene rings is 2. The fourth-order valence-electron chi connectivity index (χ4n) is 2.18. The van der Waals surface area contributed by atoms with Gasteiger partial charge in [0.1, 0.15) is 5.75 Å². The zero-order valence-corrected chi connectivity index (χ0v) is 15.0. The van der Waals surface area contributed by atoms with Gasteiger partial charge in [0.05, 0.1) is 6.26 Å². The topological polar surface area (TPSA) is 89.5 Å². The van der Waals surface area contributed by atoms with Gasteiger partial charge in [0.2, 0.25) is 15.8 Å². The molecule has 0 heterocycles. The van der Waals surface area contributed by atoms with E-state index in [1.54, 1.807) is 31.2 Å². The second-order valence-corrected chi connectivity index (χ2v) is 7.40. The van der Waals surface area contributed by atoms with Gasteiger partial charge in [0.15, 0.2) is 11.9 Å². The first-order valence-corrected chi connectivity index (χ1v) is 9.44. The molecule has 0 saturated carbocycles. The van der Waals surface area contributed by atoms with Crippen LogP contribution in [0.15, 0.2) is 48.5 Å². The highest BCUT2D eigenvalue weighted by Gasteiger charge is 2.17. The second kappa shape index (κ2) is 7.48. The molecular weight excluding hydrogens is 342 g/mol. The third kappa shape index (κ3) is 5.42. The molecule has 132 valence electrons. The van der Waals surface area contributed by atoms with Gasteiger partial charge in [-0.3, -0.25) is 14.3 Å². The summed E-state index contributed by atoms with van der Waals surface area (Å²) in [6.45, 7) is 3.11. The standard InChI is InChI=1S/C18H19NO5S/c1-12(20)14-6-10-17(11-7-14)24-13(2)18(21)15-4-8-16(9-5-15)19-25(3,22)23/h4-11,13,19H,1-3H3/t13-/m0/s1. The highest BCUT2D eigenvalue weighted by molar-refractivity contribution is 7.92. The molecule has 2 rings (SSSR count). The normalized spacial score (nSPS) is 12.3. The summed E-state index contributed by atoms with van der Waals surface area (Å²) in [4.78, 5) is 23.7. The van der Waals surface area contributed by atoms with E-state index < -0.39 is 16.1 Å². The van der Waals surface area contributed by atoms with Crippen molar-refractivity contribution in [2.45, 2.75) is 20.0 Å². The highest BCUT2D eigenvalue weighted by Crippen LogP contribution is 2.17. The second-order valence-electron chi connectivity index (χ2n) is 5.66. The first kappa shape index (κ1) is 18.7. The third-order valence-electron chi connectivity index (χ3n) is 3.42. The summed E-state index contributed by atoms with van der Waals surface area (Å²) in [5, 5.41) is 0. The number of rotatable bonds is 7. The van der Waals surface area contributed by atoms with Gasteiger partial charge in [-0.25, -0.2) is 8.42 Å². The van der Waals surface area contributed by atoms with Gasteiger partial charge in [-0.15, -0.1) is 0 Å². The van der Waals surface area contributed by atoms with Crippen LogP contribution in [0.1, 0.15) is 34.6 Å². The molecule has 0 aromatic heterocycles. The Labute approximate surface area is 146 Å². The van der Waals surface area contributed by atoms with E-state index >= 15 is 0 Å². The molecule has 0 radical (unpaired) electrons. The maximum absolute atomic E-state index is 12.4. The smallest absolute Gasteiger partial charge is 0.229 e. The predicted molar refractivity (Wildman–Crippen MR) is 95.8 cm³/mol. The number of sulfonamides is 1. The van der Waals surface area contributed by atoms with Gasteiger partial charge >= 0.3 is 0 Å². The molecule has 0 aliphatic heterocycles. The molecule has 0 unspecified atom stereocenters. The minimum absolute atomic E-state index is 0.0431. The number of ether oxygens (including phenoxy) is 1. The maximum Gasteiger partial charge on any atom is 0.229 e. The molecule has 6 nitrogen and oxygen atoms in total. The molecule has 0 aliphatic carbocycles. The van der Waals surface area contributed by atoms with Gasteiger partial charge < -0.3 is 4.74 Å². The average Bonchev–Trinajstić information content (AvgIpc) is 2.54. The number of carbonyl (C=O) groups excluding carboxylic acids is 2. The van der Waals surface area contributed by atoms with E-state index in [4.69, 9.17) is 4.74 Å². The first-order valence-electron chi connectivity index (χ1n) is 7.55. The van der Waals surface area contributed by atoms with Crippen LogP contribution in [0, 0.1) is 0 Å². The number of hydrogen-bond donors (Lipinski definition) is 1. The predicted octanol–water partition coefficient (Wildman–Crippen LogP) is 2.91. The molecule has 2 aromatic carbocycles. The molecule has 2 aromatic rings. The van der Waals surface area contributed by atoms with Crippen LogP contribution in [0.3, 0.4) is 0 Å². The fraction of sp³-hybridized carbons (Fsp3) is 0.222. The number of ketones is 2. The summed E-state index contributed by atoms with van der Waals surface area (Å²) in [5.74, 6) is 0.209. The number of Topliss-reactive ketones (excluding diaryl/α,β-unsaturated/α-hetero) is 2. The van der Waals surface area contributed by atoms with Crippen molar-refractivity contribution in [1.82, 2.24) is 0 Å². The first-order chi connectivity index (χ1) is 11.7. The van der Waals surface area contributed by atoms with Crippen LogP contribution in [0.5, 0.6) is 5.75 Å². The van der Waals surface area contributed by atoms with E-state index in [2.05, 4.69) is 4.72 Å². The molecule has 0 bridgehead atoms. The van der Waals surface area contributed by atoms with Gasteiger partial charge in [-0.05, 0) is 62.4 Å². The van der Waals surface area contributed by atoms with Crippen LogP contribution in [0.2, 0.25) is 0 Å². The summed E-state index contributed by atoms with van der Waals surface area (Å²) in [6.07, 6.45) is 0.330. The van der Waals surface area contributed by atoms with E-state index in [9.17, 15) is 18.0 Å². The summed E-state index contributed by atoms with van der Waals surface area (Å²) >= 11 is 0. The molecule has 25 heavy (non-hydrogen) atoms. The van der Waals surface area contributed by atoms with Crippen molar-refractivity contribution in [3.63, 3.8) is 0 Å². The van der Waals surface area contributed by atoms with Crippen molar-refractivity contribution in [3.8, 4) is 5.75 Å². The van der Waals surface area contributed by atoms with E-state index in [1.807, 2.05) is 0 Å². The van der Waals surface area contributed by atoms with E-state index in [1.165, 1.54) is 31.2 Å². The lowest BCUT2D eigenvalue weighted by Crippen LogP contribution is -2.24. The van der Waals surface area contributed by atoms with Crippen molar-refractivity contribution in [2.24, 2.45) is 0 Å². The van der Waals surface area contributed by atoms with Crippen LogP contribution in [-0.4, -0.2) is 32.3 Å². The monoisotopic (exact) mass is 361 g/mol. The highest BCUT2D eigenvalue weighted by atomic mass is 32.2.